The predicted octanol–water partition coefficient (Wildman–Crippen LogP) is 5.36. The fourth-order valence-corrected chi connectivity index (χ4v) is 4.41. The molecule has 0 atom stereocenters. The van der Waals surface area contributed by atoms with Gasteiger partial charge in [0.2, 0.25) is 5.91 Å². The van der Waals surface area contributed by atoms with E-state index in [1.54, 1.807) is 30.7 Å². The number of carbonyl (C=O) groups excluding carboxylic acids is 2. The Balaban J connectivity index is 1.56. The second-order valence-corrected chi connectivity index (χ2v) is 8.39. The highest BCUT2D eigenvalue weighted by Gasteiger charge is 2.22. The largest absolute Gasteiger partial charge is 0.495 e. The van der Waals surface area contributed by atoms with Crippen molar-refractivity contribution in [1.29, 1.82) is 0 Å². The van der Waals surface area contributed by atoms with Crippen LogP contribution in [-0.2, 0) is 16.1 Å². The van der Waals surface area contributed by atoms with Crippen molar-refractivity contribution >= 4 is 44.9 Å². The monoisotopic (exact) mass is 461 g/mol. The lowest BCUT2D eigenvalue weighted by molar-refractivity contribution is -0.115. The Morgan fingerprint density at radius 2 is 1.85 bits per heavy atom. The second kappa shape index (κ2) is 9.38. The number of amides is 1. The Kier molecular flexibility index (Phi) is 6.37. The van der Waals surface area contributed by atoms with E-state index >= 15 is 0 Å². The molecule has 0 aliphatic carbocycles. The smallest absolute Gasteiger partial charge is 0.339 e. The van der Waals surface area contributed by atoms with E-state index in [1.807, 2.05) is 44.2 Å². The van der Waals surface area contributed by atoms with Gasteiger partial charge in [-0.2, -0.15) is 0 Å². The summed E-state index contributed by atoms with van der Waals surface area (Å²) in [5.41, 5.74) is 4.14. The number of rotatable bonds is 6. The molecule has 0 saturated heterocycles. The summed E-state index contributed by atoms with van der Waals surface area (Å²) in [6.45, 7) is 5.26. The Morgan fingerprint density at radius 3 is 2.61 bits per heavy atom. The Morgan fingerprint density at radius 1 is 1.06 bits per heavy atom. The molecule has 33 heavy (non-hydrogen) atoms. The Hall–Kier alpha value is -3.78. The van der Waals surface area contributed by atoms with Gasteiger partial charge in [0.25, 0.3) is 0 Å². The summed E-state index contributed by atoms with van der Waals surface area (Å²) in [6, 6.07) is 14.8. The third-order valence-corrected chi connectivity index (χ3v) is 5.91. The van der Waals surface area contributed by atoms with Gasteiger partial charge in [0, 0.05) is 23.4 Å². The number of methoxy groups -OCH3 is 1. The molecule has 0 bridgehead atoms. The first-order valence-electron chi connectivity index (χ1n) is 10.3. The van der Waals surface area contributed by atoms with E-state index in [2.05, 4.69) is 9.97 Å². The summed E-state index contributed by atoms with van der Waals surface area (Å²) in [7, 11) is 1.55. The fraction of sp³-hybridized carbons (Fsp3) is 0.200. The number of hydrogen-bond donors (Lipinski definition) is 0. The lowest BCUT2D eigenvalue weighted by atomic mass is 10.1. The summed E-state index contributed by atoms with van der Waals surface area (Å²) < 4.78 is 11.0. The number of aryl methyl sites for hydroxylation is 2. The van der Waals surface area contributed by atoms with Crippen LogP contribution in [-0.4, -0.2) is 29.0 Å². The maximum atomic E-state index is 12.9. The summed E-state index contributed by atoms with van der Waals surface area (Å²) in [5.74, 6) is -0.0867. The highest BCUT2D eigenvalue weighted by Crippen LogP contribution is 2.35. The number of ether oxygens (including phenoxy) is 2. The molecule has 0 aliphatic rings. The lowest BCUT2D eigenvalue weighted by Gasteiger charge is -2.20. The number of esters is 1. The zero-order valence-electron chi connectivity index (χ0n) is 18.8. The summed E-state index contributed by atoms with van der Waals surface area (Å²) in [6.07, 6.45) is 0. The van der Waals surface area contributed by atoms with Crippen molar-refractivity contribution < 1.29 is 19.1 Å². The van der Waals surface area contributed by atoms with E-state index in [1.165, 1.54) is 23.2 Å². The first kappa shape index (κ1) is 22.4. The van der Waals surface area contributed by atoms with Crippen molar-refractivity contribution in [2.75, 3.05) is 12.0 Å². The van der Waals surface area contributed by atoms with Gasteiger partial charge in [0.1, 0.15) is 12.4 Å². The van der Waals surface area contributed by atoms with E-state index in [0.717, 1.165) is 22.2 Å². The number of hydrogen-bond acceptors (Lipinski definition) is 7. The molecule has 2 aromatic carbocycles. The molecular formula is C25H23N3O4S. The summed E-state index contributed by atoms with van der Waals surface area (Å²) >= 11 is 1.29. The Bertz CT molecular complexity index is 1350. The zero-order valence-corrected chi connectivity index (χ0v) is 19.6. The number of nitrogens with zero attached hydrogens (tertiary/aromatic N) is 3. The molecule has 4 rings (SSSR count). The molecule has 0 spiro atoms. The average Bonchev–Trinajstić information content (AvgIpc) is 3.25. The number of para-hydroxylation sites is 2. The van der Waals surface area contributed by atoms with E-state index < -0.39 is 5.97 Å². The Labute approximate surface area is 195 Å². The van der Waals surface area contributed by atoms with E-state index in [-0.39, 0.29) is 12.5 Å². The highest BCUT2D eigenvalue weighted by molar-refractivity contribution is 7.14. The molecule has 168 valence electrons. The maximum Gasteiger partial charge on any atom is 0.339 e. The van der Waals surface area contributed by atoms with Gasteiger partial charge >= 0.3 is 5.97 Å². The molecule has 2 aromatic heterocycles. The second-order valence-electron chi connectivity index (χ2n) is 7.56. The van der Waals surface area contributed by atoms with Crippen LogP contribution in [0.1, 0.15) is 34.2 Å². The number of thiazole rings is 1. The van der Waals surface area contributed by atoms with Crippen LogP contribution in [0.25, 0.3) is 10.9 Å². The first-order valence-corrected chi connectivity index (χ1v) is 11.2. The van der Waals surface area contributed by atoms with Gasteiger partial charge in [-0.25, -0.2) is 9.78 Å². The van der Waals surface area contributed by atoms with Crippen LogP contribution in [0.4, 0.5) is 10.8 Å². The van der Waals surface area contributed by atoms with E-state index in [0.29, 0.717) is 27.8 Å². The van der Waals surface area contributed by atoms with Gasteiger partial charge in [0.05, 0.1) is 29.6 Å². The molecule has 0 radical (unpaired) electrons. The van der Waals surface area contributed by atoms with E-state index in [4.69, 9.17) is 9.47 Å². The molecule has 8 heteroatoms. The molecule has 0 aliphatic heterocycles. The topological polar surface area (TPSA) is 81.6 Å². The van der Waals surface area contributed by atoms with Gasteiger partial charge in [-0.05, 0) is 44.2 Å². The minimum absolute atomic E-state index is 0.0122. The average molecular weight is 462 g/mol. The van der Waals surface area contributed by atoms with Crippen molar-refractivity contribution in [3.05, 3.63) is 76.4 Å². The van der Waals surface area contributed by atoms with Crippen LogP contribution in [0.15, 0.2) is 53.9 Å². The maximum absolute atomic E-state index is 12.9. The van der Waals surface area contributed by atoms with Crippen LogP contribution in [0.5, 0.6) is 5.75 Å². The third-order valence-electron chi connectivity index (χ3n) is 5.04. The van der Waals surface area contributed by atoms with Crippen molar-refractivity contribution in [3.63, 3.8) is 0 Å². The molecule has 4 aromatic rings. The lowest BCUT2D eigenvalue weighted by Crippen LogP contribution is -2.23. The predicted molar refractivity (Wildman–Crippen MR) is 128 cm³/mol. The van der Waals surface area contributed by atoms with Gasteiger partial charge in [-0.15, -0.1) is 11.3 Å². The number of benzene rings is 2. The number of carbonyl (C=O) groups is 2. The van der Waals surface area contributed by atoms with E-state index in [9.17, 15) is 9.59 Å². The SMILES string of the molecule is COc1ccccc1N(C(C)=O)c1nc(COC(=O)c2cc(C)nc3ccc(C)cc23)cs1. The molecule has 2 heterocycles. The minimum atomic E-state index is -0.446. The van der Waals surface area contributed by atoms with Crippen molar-refractivity contribution in [2.45, 2.75) is 27.4 Å². The van der Waals surface area contributed by atoms with Gasteiger partial charge < -0.3 is 9.47 Å². The molecular weight excluding hydrogens is 438 g/mol. The molecule has 0 fully saturated rings. The van der Waals surface area contributed by atoms with Crippen LogP contribution in [0, 0.1) is 13.8 Å². The van der Waals surface area contributed by atoms with Gasteiger partial charge in [0.15, 0.2) is 5.13 Å². The van der Waals surface area contributed by atoms with Crippen molar-refractivity contribution in [3.8, 4) is 5.75 Å². The molecule has 0 N–H and O–H groups in total. The van der Waals surface area contributed by atoms with Crippen molar-refractivity contribution in [2.24, 2.45) is 0 Å². The van der Waals surface area contributed by atoms with Crippen LogP contribution < -0.4 is 9.64 Å². The minimum Gasteiger partial charge on any atom is -0.495 e. The normalized spacial score (nSPS) is 10.8. The highest BCUT2D eigenvalue weighted by atomic mass is 32.1. The first-order chi connectivity index (χ1) is 15.9. The fourth-order valence-electron chi connectivity index (χ4n) is 3.55. The molecule has 1 amide bonds. The molecule has 7 nitrogen and oxygen atoms in total. The standard InChI is InChI=1S/C25H23N3O4S/c1-15-9-10-21-19(11-15)20(12-16(2)26-21)24(30)32-13-18-14-33-25(27-18)28(17(3)29)22-7-5-6-8-23(22)31-4/h5-12,14H,13H2,1-4H3. The molecule has 0 unspecified atom stereocenters. The zero-order chi connectivity index (χ0) is 23.5. The van der Waals surface area contributed by atoms with Gasteiger partial charge in [-0.3, -0.25) is 14.7 Å². The number of fused-ring (bicyclic) bond motifs is 1. The van der Waals surface area contributed by atoms with Gasteiger partial charge in [-0.1, -0.05) is 23.8 Å². The number of anilines is 2. The summed E-state index contributed by atoms with van der Waals surface area (Å²) in [5, 5.41) is 3.00. The molecule has 0 saturated carbocycles. The van der Waals surface area contributed by atoms with Crippen LogP contribution >= 0.6 is 11.3 Å². The van der Waals surface area contributed by atoms with Crippen LogP contribution in [0.3, 0.4) is 0 Å². The number of pyridine rings is 1. The number of aromatic nitrogens is 2. The quantitative estimate of drug-likeness (QED) is 0.360. The third kappa shape index (κ3) is 4.70. The summed E-state index contributed by atoms with van der Waals surface area (Å²) in [4.78, 5) is 35.8. The van der Waals surface area contributed by atoms with Crippen molar-refractivity contribution in [1.82, 2.24) is 9.97 Å². The van der Waals surface area contributed by atoms with Crippen LogP contribution in [0.2, 0.25) is 0 Å².